The van der Waals surface area contributed by atoms with Crippen LogP contribution in [-0.2, 0) is 4.79 Å². The Morgan fingerprint density at radius 2 is 1.85 bits per heavy atom. The second-order valence-electron chi connectivity index (χ2n) is 6.67. The van der Waals surface area contributed by atoms with Crippen molar-refractivity contribution in [1.29, 1.82) is 0 Å². The smallest absolute Gasteiger partial charge is 0.279 e. The van der Waals surface area contributed by atoms with Crippen molar-refractivity contribution in [3.8, 4) is 17.2 Å². The molecular formula is C21H27N2O4+. The fourth-order valence-electron chi connectivity index (χ4n) is 3.72. The molecule has 1 saturated heterocycles. The van der Waals surface area contributed by atoms with Crippen molar-refractivity contribution < 1.29 is 23.9 Å². The molecular weight excluding hydrogens is 344 g/mol. The van der Waals surface area contributed by atoms with Gasteiger partial charge in [0, 0.05) is 24.6 Å². The van der Waals surface area contributed by atoms with Crippen LogP contribution in [0.2, 0.25) is 0 Å². The highest BCUT2D eigenvalue weighted by Crippen LogP contribution is 2.31. The molecule has 0 radical (unpaired) electrons. The number of methoxy groups -OCH3 is 3. The van der Waals surface area contributed by atoms with Crippen LogP contribution in [0.5, 0.6) is 17.2 Å². The summed E-state index contributed by atoms with van der Waals surface area (Å²) in [5.74, 6) is 2.36. The van der Waals surface area contributed by atoms with Crippen molar-refractivity contribution in [2.75, 3.05) is 39.7 Å². The van der Waals surface area contributed by atoms with E-state index in [2.05, 4.69) is 5.32 Å². The molecule has 1 fully saturated rings. The number of ether oxygens (including phenoxy) is 3. The van der Waals surface area contributed by atoms with Crippen LogP contribution < -0.4 is 24.4 Å². The first-order valence-electron chi connectivity index (χ1n) is 9.15. The average molecular weight is 371 g/mol. The maximum Gasteiger partial charge on any atom is 0.279 e. The summed E-state index contributed by atoms with van der Waals surface area (Å²) < 4.78 is 16.1. The summed E-state index contributed by atoms with van der Waals surface area (Å²) in [6.45, 7) is 1.36. The molecule has 27 heavy (non-hydrogen) atoms. The van der Waals surface area contributed by atoms with Crippen LogP contribution in [0.4, 0.5) is 5.69 Å². The van der Waals surface area contributed by atoms with Crippen LogP contribution in [0.15, 0.2) is 42.5 Å². The van der Waals surface area contributed by atoms with E-state index in [1.807, 2.05) is 42.5 Å². The Morgan fingerprint density at radius 3 is 2.59 bits per heavy atom. The van der Waals surface area contributed by atoms with Gasteiger partial charge in [0.2, 0.25) is 0 Å². The monoisotopic (exact) mass is 371 g/mol. The number of nitrogens with one attached hydrogen (secondary N) is 2. The van der Waals surface area contributed by atoms with E-state index < -0.39 is 0 Å². The highest BCUT2D eigenvalue weighted by Gasteiger charge is 2.34. The van der Waals surface area contributed by atoms with Crippen molar-refractivity contribution in [3.05, 3.63) is 48.0 Å². The fourth-order valence-corrected chi connectivity index (χ4v) is 3.72. The zero-order valence-corrected chi connectivity index (χ0v) is 16.1. The topological polar surface area (TPSA) is 61.2 Å². The molecule has 0 aliphatic carbocycles. The number of amides is 1. The lowest BCUT2D eigenvalue weighted by Gasteiger charge is -2.23. The van der Waals surface area contributed by atoms with Gasteiger partial charge in [-0.05, 0) is 30.3 Å². The first kappa shape index (κ1) is 19.0. The van der Waals surface area contributed by atoms with Gasteiger partial charge in [-0.3, -0.25) is 4.79 Å². The Hall–Kier alpha value is -2.73. The third-order valence-electron chi connectivity index (χ3n) is 5.04. The zero-order chi connectivity index (χ0) is 19.2. The molecule has 0 saturated carbocycles. The van der Waals surface area contributed by atoms with E-state index in [1.165, 1.54) is 4.90 Å². The van der Waals surface area contributed by atoms with Gasteiger partial charge in [-0.15, -0.1) is 0 Å². The first-order valence-corrected chi connectivity index (χ1v) is 9.15. The molecule has 0 bridgehead atoms. The van der Waals surface area contributed by atoms with Gasteiger partial charge in [0.25, 0.3) is 5.91 Å². The molecule has 2 atom stereocenters. The summed E-state index contributed by atoms with van der Waals surface area (Å²) in [7, 11) is 4.95. The average Bonchev–Trinajstić information content (AvgIpc) is 3.15. The van der Waals surface area contributed by atoms with Crippen molar-refractivity contribution in [1.82, 2.24) is 0 Å². The highest BCUT2D eigenvalue weighted by molar-refractivity contribution is 5.91. The molecule has 1 aliphatic rings. The third-order valence-corrected chi connectivity index (χ3v) is 5.04. The summed E-state index contributed by atoms with van der Waals surface area (Å²) in [4.78, 5) is 13.8. The number of hydrogen-bond donors (Lipinski definition) is 2. The van der Waals surface area contributed by atoms with Gasteiger partial charge in [-0.25, -0.2) is 0 Å². The van der Waals surface area contributed by atoms with Gasteiger partial charge in [-0.1, -0.05) is 6.07 Å². The van der Waals surface area contributed by atoms with E-state index in [9.17, 15) is 4.79 Å². The van der Waals surface area contributed by atoms with Gasteiger partial charge < -0.3 is 24.4 Å². The number of carbonyl (C=O) groups excluding carboxylic acids is 1. The summed E-state index contributed by atoms with van der Waals surface area (Å²) in [6, 6.07) is 13.5. The normalized spacial score (nSPS) is 18.8. The minimum atomic E-state index is -0.00739. The molecule has 1 amide bonds. The number of anilines is 1. The second-order valence-corrected chi connectivity index (χ2v) is 6.67. The van der Waals surface area contributed by atoms with Crippen molar-refractivity contribution >= 4 is 11.6 Å². The molecule has 2 aromatic rings. The minimum absolute atomic E-state index is 0.00739. The summed E-state index contributed by atoms with van der Waals surface area (Å²) in [5.41, 5.74) is 1.84. The number of rotatable bonds is 7. The van der Waals surface area contributed by atoms with Crippen LogP contribution in [0, 0.1) is 0 Å². The molecule has 1 aliphatic heterocycles. The van der Waals surface area contributed by atoms with E-state index >= 15 is 0 Å². The maximum atomic E-state index is 12.6. The minimum Gasteiger partial charge on any atom is -0.497 e. The zero-order valence-electron chi connectivity index (χ0n) is 16.1. The number of quaternary nitrogens is 1. The Kier molecular flexibility index (Phi) is 6.19. The quantitative estimate of drug-likeness (QED) is 0.782. The molecule has 6 nitrogen and oxygen atoms in total. The maximum absolute atomic E-state index is 12.6. The van der Waals surface area contributed by atoms with Crippen molar-refractivity contribution in [2.45, 2.75) is 18.9 Å². The predicted octanol–water partition coefficient (Wildman–Crippen LogP) is 2.07. The SMILES string of the molecule is COc1cccc(NC(=O)C[NH+]2CCC[C@@H]2c2cc(OC)ccc2OC)c1. The van der Waals surface area contributed by atoms with E-state index in [4.69, 9.17) is 14.2 Å². The lowest BCUT2D eigenvalue weighted by Crippen LogP contribution is -3.11. The predicted molar refractivity (Wildman–Crippen MR) is 104 cm³/mol. The summed E-state index contributed by atoms with van der Waals surface area (Å²) in [6.07, 6.45) is 2.10. The largest absolute Gasteiger partial charge is 0.497 e. The molecule has 1 heterocycles. The van der Waals surface area contributed by atoms with E-state index in [0.29, 0.717) is 6.54 Å². The molecule has 144 valence electrons. The Balaban J connectivity index is 1.72. The van der Waals surface area contributed by atoms with Crippen molar-refractivity contribution in [3.63, 3.8) is 0 Å². The molecule has 0 spiro atoms. The van der Waals surface area contributed by atoms with Crippen LogP contribution in [-0.4, -0.2) is 40.3 Å². The van der Waals surface area contributed by atoms with E-state index in [-0.39, 0.29) is 11.9 Å². The van der Waals surface area contributed by atoms with E-state index in [0.717, 1.165) is 47.9 Å². The third kappa shape index (κ3) is 4.52. The van der Waals surface area contributed by atoms with Crippen LogP contribution >= 0.6 is 0 Å². The second kappa shape index (κ2) is 8.77. The Labute approximate surface area is 160 Å². The van der Waals surface area contributed by atoms with Crippen LogP contribution in [0.3, 0.4) is 0 Å². The van der Waals surface area contributed by atoms with Gasteiger partial charge >= 0.3 is 0 Å². The van der Waals surface area contributed by atoms with Gasteiger partial charge in [0.1, 0.15) is 23.3 Å². The Bertz CT molecular complexity index is 794. The lowest BCUT2D eigenvalue weighted by molar-refractivity contribution is -0.910. The standard InChI is InChI=1S/C21H26N2O4/c1-25-16-7-4-6-15(12-16)22-21(24)14-23-11-5-8-19(23)18-13-17(26-2)9-10-20(18)27-3/h4,6-7,9-10,12-13,19H,5,8,11,14H2,1-3H3,(H,22,24)/p+1/t19-/m1/s1. The molecule has 0 aromatic heterocycles. The lowest BCUT2D eigenvalue weighted by atomic mass is 10.0. The first-order chi connectivity index (χ1) is 13.1. The van der Waals surface area contributed by atoms with Gasteiger partial charge in [0.05, 0.1) is 33.4 Å². The summed E-state index contributed by atoms with van der Waals surface area (Å²) in [5, 5.41) is 2.97. The summed E-state index contributed by atoms with van der Waals surface area (Å²) >= 11 is 0. The van der Waals surface area contributed by atoms with Gasteiger partial charge in [0.15, 0.2) is 6.54 Å². The number of hydrogen-bond acceptors (Lipinski definition) is 4. The number of benzene rings is 2. The fraction of sp³-hybridized carbons (Fsp3) is 0.381. The van der Waals surface area contributed by atoms with Crippen LogP contribution in [0.25, 0.3) is 0 Å². The number of likely N-dealkylation sites (tertiary alicyclic amines) is 1. The molecule has 6 heteroatoms. The van der Waals surface area contributed by atoms with E-state index in [1.54, 1.807) is 21.3 Å². The molecule has 3 rings (SSSR count). The molecule has 2 N–H and O–H groups in total. The molecule has 2 aromatic carbocycles. The Morgan fingerprint density at radius 1 is 1.07 bits per heavy atom. The number of carbonyl (C=O) groups is 1. The van der Waals surface area contributed by atoms with Crippen LogP contribution in [0.1, 0.15) is 24.4 Å². The van der Waals surface area contributed by atoms with Crippen molar-refractivity contribution in [2.24, 2.45) is 0 Å². The highest BCUT2D eigenvalue weighted by atomic mass is 16.5. The molecule has 1 unspecified atom stereocenters. The van der Waals surface area contributed by atoms with Gasteiger partial charge in [-0.2, -0.15) is 0 Å².